The van der Waals surface area contributed by atoms with Crippen LogP contribution in [0.25, 0.3) is 0 Å². The first-order valence-corrected chi connectivity index (χ1v) is 23.6. The van der Waals surface area contributed by atoms with Crippen molar-refractivity contribution >= 4 is 26.7 Å². The van der Waals surface area contributed by atoms with Crippen LogP contribution in [0.5, 0.6) is 0 Å². The number of pyridine rings is 2. The molecule has 0 radical (unpaired) electrons. The minimum Gasteiger partial charge on any atom is -0.256 e. The van der Waals surface area contributed by atoms with Crippen molar-refractivity contribution < 1.29 is 0 Å². The fourth-order valence-electron chi connectivity index (χ4n) is 13.6. The van der Waals surface area contributed by atoms with Gasteiger partial charge in [-0.3, -0.25) is 9.97 Å². The van der Waals surface area contributed by atoms with Crippen LogP contribution in [-0.4, -0.2) is 20.3 Å². The molecule has 2 aromatic carbocycles. The third-order valence-electron chi connectivity index (χ3n) is 14.8. The lowest BCUT2D eigenvalue weighted by atomic mass is 9.55. The molecule has 0 saturated heterocycles. The summed E-state index contributed by atoms with van der Waals surface area (Å²) < 4.78 is 0. The van der Waals surface area contributed by atoms with Gasteiger partial charge in [0.2, 0.25) is 0 Å². The zero-order valence-electron chi connectivity index (χ0n) is 30.7. The molecule has 8 fully saturated rings. The lowest BCUT2D eigenvalue weighted by Crippen LogP contribution is -2.56. The Bertz CT molecular complexity index is 1670. The summed E-state index contributed by atoms with van der Waals surface area (Å²) in [6.07, 6.45) is 26.2. The quantitative estimate of drug-likeness (QED) is 0.145. The Morgan fingerprint density at radius 2 is 1.06 bits per heavy atom. The topological polar surface area (TPSA) is 25.8 Å². The summed E-state index contributed by atoms with van der Waals surface area (Å²) in [4.78, 5) is 10.0. The van der Waals surface area contributed by atoms with E-state index in [-0.39, 0.29) is 7.92 Å². The molecule has 4 heteroatoms. The second kappa shape index (κ2) is 13.5. The van der Waals surface area contributed by atoms with Crippen molar-refractivity contribution in [3.63, 3.8) is 0 Å². The summed E-state index contributed by atoms with van der Waals surface area (Å²) in [6.45, 7) is 2.45. The van der Waals surface area contributed by atoms with Gasteiger partial charge in [0.15, 0.2) is 0 Å². The lowest BCUT2D eigenvalue weighted by molar-refractivity contribution is 0.0184. The van der Waals surface area contributed by atoms with Crippen molar-refractivity contribution in [1.29, 1.82) is 0 Å². The molecule has 8 saturated carbocycles. The van der Waals surface area contributed by atoms with Gasteiger partial charge in [-0.15, -0.1) is 0 Å². The van der Waals surface area contributed by atoms with Gasteiger partial charge in [-0.25, -0.2) is 0 Å². The van der Waals surface area contributed by atoms with Crippen LogP contribution in [0.15, 0.2) is 97.3 Å². The molecule has 264 valence electrons. The normalized spacial score (nSPS) is 34.2. The van der Waals surface area contributed by atoms with Gasteiger partial charge in [0, 0.05) is 26.5 Å². The predicted octanol–water partition coefficient (Wildman–Crippen LogP) is 11.4. The highest BCUT2D eigenvalue weighted by Gasteiger charge is 2.62. The summed E-state index contributed by atoms with van der Waals surface area (Å²) >= 11 is 0. The van der Waals surface area contributed by atoms with Gasteiger partial charge in [0.1, 0.15) is 0 Å². The maximum Gasteiger partial charge on any atom is 0.0695 e. The zero-order valence-corrected chi connectivity index (χ0v) is 32.5. The maximum atomic E-state index is 5.00. The summed E-state index contributed by atoms with van der Waals surface area (Å²) in [7, 11) is -0.841. The molecular weight excluding hydrogens is 654 g/mol. The Hall–Kier alpha value is -2.40. The smallest absolute Gasteiger partial charge is 0.0695 e. The molecule has 12 rings (SSSR count). The van der Waals surface area contributed by atoms with Crippen molar-refractivity contribution in [2.24, 2.45) is 35.5 Å². The second-order valence-corrected chi connectivity index (χ2v) is 23.6. The molecule has 2 aromatic heterocycles. The lowest BCUT2D eigenvalue weighted by Gasteiger charge is -2.67. The van der Waals surface area contributed by atoms with E-state index in [1.807, 2.05) is 12.4 Å². The largest absolute Gasteiger partial charge is 0.256 e. The predicted molar refractivity (Wildman–Crippen MR) is 216 cm³/mol. The molecule has 8 aliphatic carbocycles. The average molecular weight is 711 g/mol. The van der Waals surface area contributed by atoms with Gasteiger partial charge in [0.25, 0.3) is 0 Å². The van der Waals surface area contributed by atoms with Crippen LogP contribution in [0, 0.1) is 35.5 Å². The maximum absolute atomic E-state index is 5.00. The number of benzene rings is 2. The van der Waals surface area contributed by atoms with Crippen molar-refractivity contribution in [1.82, 2.24) is 9.97 Å². The first-order chi connectivity index (χ1) is 25.0. The monoisotopic (exact) mass is 710 g/mol. The molecule has 4 aromatic rings. The Labute approximate surface area is 309 Å². The van der Waals surface area contributed by atoms with E-state index in [1.54, 1.807) is 88.2 Å². The fraction of sp³-hybridized carbons (Fsp3) is 0.532. The minimum absolute atomic E-state index is 0.124. The third-order valence-corrected chi connectivity index (χ3v) is 21.2. The van der Waals surface area contributed by atoms with E-state index in [1.165, 1.54) is 28.2 Å². The molecule has 0 amide bonds. The number of rotatable bonds is 11. The molecule has 2 nitrogen and oxygen atoms in total. The number of hydrogen-bond acceptors (Lipinski definition) is 2. The van der Waals surface area contributed by atoms with Crippen LogP contribution in [0.3, 0.4) is 0 Å². The highest BCUT2D eigenvalue weighted by atomic mass is 31.1. The molecule has 1 unspecified atom stereocenters. The average Bonchev–Trinajstić information content (AvgIpc) is 3.13. The van der Waals surface area contributed by atoms with Crippen molar-refractivity contribution in [2.45, 2.75) is 119 Å². The first-order valence-electron chi connectivity index (χ1n) is 20.5. The molecule has 0 aliphatic heterocycles. The zero-order chi connectivity index (χ0) is 34.0. The molecular formula is C47H56N2P2. The highest BCUT2D eigenvalue weighted by Crippen LogP contribution is 2.79. The van der Waals surface area contributed by atoms with E-state index in [4.69, 9.17) is 9.97 Å². The molecule has 8 bridgehead atoms. The fourth-order valence-corrected chi connectivity index (χ4v) is 21.0. The third kappa shape index (κ3) is 6.38. The van der Waals surface area contributed by atoms with Gasteiger partial charge in [-0.2, -0.15) is 0 Å². The van der Waals surface area contributed by atoms with Crippen molar-refractivity contribution in [3.8, 4) is 0 Å². The highest BCUT2D eigenvalue weighted by molar-refractivity contribution is 7.71. The minimum atomic E-state index is -0.717. The standard InChI is InChI=1S/C47H56N2P2/c1-33(17-34-9-3-2-4-10-34)41-13-14-42(43(24-41)31-50(44-11-5-7-15-48-44)45-12-6-8-16-49-45)32-51(46-25-35-18-36(26-46)20-37(19-35)27-46)47-28-38-21-39(29-47)23-40(22-38)30-47/h2-16,24,33,35-40H,17-23,25-32H2,1H3. The number of hydrogen-bond donors (Lipinski definition) is 0. The van der Waals surface area contributed by atoms with Crippen LogP contribution in [0.2, 0.25) is 0 Å². The van der Waals surface area contributed by atoms with Gasteiger partial charge in [-0.05, 0) is 188 Å². The van der Waals surface area contributed by atoms with Crippen LogP contribution in [0.1, 0.15) is 112 Å². The molecule has 51 heavy (non-hydrogen) atoms. The van der Waals surface area contributed by atoms with Crippen LogP contribution >= 0.6 is 15.8 Å². The summed E-state index contributed by atoms with van der Waals surface area (Å²) in [5.41, 5.74) is 8.67. The molecule has 8 aliphatic rings. The Morgan fingerprint density at radius 1 is 0.569 bits per heavy atom. The number of aromatic nitrogens is 2. The van der Waals surface area contributed by atoms with E-state index in [0.29, 0.717) is 16.2 Å². The van der Waals surface area contributed by atoms with Crippen molar-refractivity contribution in [3.05, 3.63) is 120 Å². The molecule has 0 N–H and O–H groups in total. The van der Waals surface area contributed by atoms with E-state index in [9.17, 15) is 0 Å². The van der Waals surface area contributed by atoms with E-state index in [2.05, 4.69) is 91.9 Å². The number of nitrogens with zero attached hydrogens (tertiary/aromatic N) is 2. The first kappa shape index (κ1) is 33.2. The molecule has 2 heterocycles. The van der Waals surface area contributed by atoms with Crippen LogP contribution in [0.4, 0.5) is 0 Å². The Balaban J connectivity index is 1.07. The Morgan fingerprint density at radius 3 is 1.53 bits per heavy atom. The van der Waals surface area contributed by atoms with Crippen LogP contribution < -0.4 is 10.9 Å². The van der Waals surface area contributed by atoms with Crippen LogP contribution in [-0.2, 0) is 18.7 Å². The summed E-state index contributed by atoms with van der Waals surface area (Å²) in [6, 6.07) is 32.1. The van der Waals surface area contributed by atoms with E-state index >= 15 is 0 Å². The van der Waals surface area contributed by atoms with E-state index < -0.39 is 7.92 Å². The molecule has 1 atom stereocenters. The summed E-state index contributed by atoms with van der Waals surface area (Å²) in [5, 5.41) is 1.28. The van der Waals surface area contributed by atoms with Crippen molar-refractivity contribution in [2.75, 3.05) is 0 Å². The second-order valence-electron chi connectivity index (χ2n) is 18.5. The molecule has 0 spiro atoms. The van der Waals surface area contributed by atoms with Gasteiger partial charge >= 0.3 is 0 Å². The van der Waals surface area contributed by atoms with Gasteiger partial charge < -0.3 is 0 Å². The van der Waals surface area contributed by atoms with Gasteiger partial charge in [-0.1, -0.05) is 75.5 Å². The van der Waals surface area contributed by atoms with E-state index in [0.717, 1.165) is 48.1 Å². The summed E-state index contributed by atoms with van der Waals surface area (Å²) in [5.74, 6) is 6.63. The SMILES string of the molecule is CC(Cc1ccccc1)c1ccc(CP(C23CC4CC(CC(C4)C2)C3)C23CC4CC(CC(C4)C2)C3)c(CP(c2ccccn2)c2ccccn2)c1. The Kier molecular flexibility index (Phi) is 8.77. The van der Waals surface area contributed by atoms with Gasteiger partial charge in [0.05, 0.1) is 10.9 Å².